The predicted molar refractivity (Wildman–Crippen MR) is 107 cm³/mol. The maximum absolute atomic E-state index is 13.8. The van der Waals surface area contributed by atoms with E-state index in [-0.39, 0.29) is 16.5 Å². The van der Waals surface area contributed by atoms with E-state index in [9.17, 15) is 9.18 Å². The Morgan fingerprint density at radius 1 is 1.15 bits per heavy atom. The third kappa shape index (κ3) is 4.09. The van der Waals surface area contributed by atoms with Crippen LogP contribution in [0.15, 0.2) is 48.5 Å². The monoisotopic (exact) mass is 383 g/mol. The third-order valence-electron chi connectivity index (χ3n) is 4.22. The van der Waals surface area contributed by atoms with Crippen LogP contribution >= 0.6 is 11.6 Å². The van der Waals surface area contributed by atoms with Gasteiger partial charge in [0.15, 0.2) is 0 Å². The Morgan fingerprint density at radius 2 is 1.85 bits per heavy atom. The molecule has 0 saturated carbocycles. The van der Waals surface area contributed by atoms with Crippen molar-refractivity contribution in [1.29, 1.82) is 0 Å². The van der Waals surface area contributed by atoms with Gasteiger partial charge in [0.2, 0.25) is 5.91 Å². The third-order valence-corrected chi connectivity index (χ3v) is 4.55. The minimum Gasteiger partial charge on any atom is -0.319 e. The molecule has 3 aromatic rings. The number of carbonyl (C=O) groups is 1. The number of carbonyl (C=O) groups excluding carboxylic acids is 1. The first-order valence-electron chi connectivity index (χ1n) is 8.43. The van der Waals surface area contributed by atoms with Crippen LogP contribution in [-0.4, -0.2) is 15.7 Å². The summed E-state index contributed by atoms with van der Waals surface area (Å²) in [7, 11) is 0. The first kappa shape index (κ1) is 18.9. The normalized spacial score (nSPS) is 11.1. The first-order valence-corrected chi connectivity index (χ1v) is 8.81. The van der Waals surface area contributed by atoms with Crippen LogP contribution in [0.2, 0.25) is 5.02 Å². The summed E-state index contributed by atoms with van der Waals surface area (Å²) in [6.07, 6.45) is 2.62. The molecular formula is C21H19ClFN3O. The van der Waals surface area contributed by atoms with Gasteiger partial charge in [0.05, 0.1) is 27.8 Å². The van der Waals surface area contributed by atoms with E-state index in [2.05, 4.69) is 10.4 Å². The number of nitrogens with zero attached hydrogens (tertiary/aromatic N) is 2. The van der Waals surface area contributed by atoms with Gasteiger partial charge in [0, 0.05) is 11.6 Å². The molecule has 0 aliphatic rings. The molecule has 4 nitrogen and oxygen atoms in total. The van der Waals surface area contributed by atoms with Crippen LogP contribution in [-0.2, 0) is 4.79 Å². The molecule has 0 spiro atoms. The summed E-state index contributed by atoms with van der Waals surface area (Å²) in [6, 6.07) is 12.3. The van der Waals surface area contributed by atoms with E-state index in [1.54, 1.807) is 10.7 Å². The van der Waals surface area contributed by atoms with E-state index in [4.69, 9.17) is 11.6 Å². The summed E-state index contributed by atoms with van der Waals surface area (Å²) >= 11 is 5.97. The highest BCUT2D eigenvalue weighted by Crippen LogP contribution is 2.24. The lowest BCUT2D eigenvalue weighted by atomic mass is 10.2. The number of amides is 1. The fourth-order valence-corrected chi connectivity index (χ4v) is 2.98. The van der Waals surface area contributed by atoms with Gasteiger partial charge < -0.3 is 5.32 Å². The number of halogens is 2. The van der Waals surface area contributed by atoms with Crippen molar-refractivity contribution < 1.29 is 9.18 Å². The van der Waals surface area contributed by atoms with Crippen LogP contribution < -0.4 is 5.32 Å². The van der Waals surface area contributed by atoms with Crippen molar-refractivity contribution in [2.45, 2.75) is 20.8 Å². The molecule has 0 aliphatic heterocycles. The predicted octanol–water partition coefficient (Wildman–Crippen LogP) is 5.24. The molecule has 0 atom stereocenters. The smallest absolute Gasteiger partial charge is 0.248 e. The lowest BCUT2D eigenvalue weighted by Gasteiger charge is -2.06. The SMILES string of the molecule is Cc1ccc(-n2nc(C)c(NC(=O)/C=C/c3c(F)cccc3Cl)c2C)cc1. The van der Waals surface area contributed by atoms with E-state index in [0.29, 0.717) is 11.4 Å². The Hall–Kier alpha value is -2.92. The van der Waals surface area contributed by atoms with Gasteiger partial charge in [-0.15, -0.1) is 0 Å². The molecule has 0 unspecified atom stereocenters. The molecule has 3 rings (SSSR count). The second-order valence-corrected chi connectivity index (χ2v) is 6.66. The molecule has 0 radical (unpaired) electrons. The number of anilines is 1. The molecule has 2 aromatic carbocycles. The van der Waals surface area contributed by atoms with Gasteiger partial charge in [-0.1, -0.05) is 35.4 Å². The van der Waals surface area contributed by atoms with E-state index < -0.39 is 5.82 Å². The molecule has 1 aromatic heterocycles. The molecule has 0 bridgehead atoms. The average Bonchev–Trinajstić information content (AvgIpc) is 2.90. The van der Waals surface area contributed by atoms with Crippen LogP contribution in [0.5, 0.6) is 0 Å². The Morgan fingerprint density at radius 3 is 2.52 bits per heavy atom. The van der Waals surface area contributed by atoms with Gasteiger partial charge in [-0.05, 0) is 51.1 Å². The van der Waals surface area contributed by atoms with Crippen LogP contribution in [0.25, 0.3) is 11.8 Å². The Bertz CT molecular complexity index is 1000. The molecule has 0 saturated heterocycles. The molecule has 1 N–H and O–H groups in total. The summed E-state index contributed by atoms with van der Waals surface area (Å²) in [6.45, 7) is 5.72. The van der Waals surface area contributed by atoms with E-state index >= 15 is 0 Å². The van der Waals surface area contributed by atoms with Crippen LogP contribution in [0, 0.1) is 26.6 Å². The molecule has 0 fully saturated rings. The number of hydrogen-bond acceptors (Lipinski definition) is 2. The first-order chi connectivity index (χ1) is 12.9. The summed E-state index contributed by atoms with van der Waals surface area (Å²) in [5.41, 5.74) is 4.38. The standard InChI is InChI=1S/C21H19ClFN3O/c1-13-7-9-16(10-8-13)26-15(3)21(14(2)25-26)24-20(27)12-11-17-18(22)5-4-6-19(17)23/h4-12H,1-3H3,(H,24,27)/b12-11+. The quantitative estimate of drug-likeness (QED) is 0.626. The number of aryl methyl sites for hydroxylation is 2. The zero-order valence-corrected chi connectivity index (χ0v) is 16.0. The number of hydrogen-bond donors (Lipinski definition) is 1. The van der Waals surface area contributed by atoms with E-state index in [0.717, 1.165) is 16.9 Å². The van der Waals surface area contributed by atoms with Gasteiger partial charge in [0.25, 0.3) is 0 Å². The fraction of sp³-hybridized carbons (Fsp3) is 0.143. The summed E-state index contributed by atoms with van der Waals surface area (Å²) in [4.78, 5) is 12.3. The van der Waals surface area contributed by atoms with Crippen molar-refractivity contribution in [1.82, 2.24) is 9.78 Å². The molecule has 6 heteroatoms. The highest BCUT2D eigenvalue weighted by Gasteiger charge is 2.14. The van der Waals surface area contributed by atoms with Crippen molar-refractivity contribution >= 4 is 29.3 Å². The van der Waals surface area contributed by atoms with E-state index in [1.807, 2.05) is 45.0 Å². The van der Waals surface area contributed by atoms with Crippen molar-refractivity contribution in [3.05, 3.63) is 81.9 Å². The molecule has 138 valence electrons. The van der Waals surface area contributed by atoms with Gasteiger partial charge in [-0.3, -0.25) is 4.79 Å². The maximum Gasteiger partial charge on any atom is 0.248 e. The van der Waals surface area contributed by atoms with Crippen molar-refractivity contribution in [2.75, 3.05) is 5.32 Å². The fourth-order valence-electron chi connectivity index (χ4n) is 2.75. The maximum atomic E-state index is 13.8. The zero-order valence-electron chi connectivity index (χ0n) is 15.3. The largest absolute Gasteiger partial charge is 0.319 e. The highest BCUT2D eigenvalue weighted by molar-refractivity contribution is 6.32. The molecule has 1 amide bonds. The minimum atomic E-state index is -0.480. The van der Waals surface area contributed by atoms with Crippen molar-refractivity contribution in [3.8, 4) is 5.69 Å². The minimum absolute atomic E-state index is 0.179. The lowest BCUT2D eigenvalue weighted by Crippen LogP contribution is -2.09. The second-order valence-electron chi connectivity index (χ2n) is 6.25. The Labute approximate surface area is 162 Å². The lowest BCUT2D eigenvalue weighted by molar-refractivity contribution is -0.111. The van der Waals surface area contributed by atoms with Gasteiger partial charge in [-0.2, -0.15) is 5.10 Å². The topological polar surface area (TPSA) is 46.9 Å². The van der Waals surface area contributed by atoms with Crippen LogP contribution in [0.1, 0.15) is 22.5 Å². The molecule has 1 heterocycles. The number of nitrogens with one attached hydrogen (secondary N) is 1. The zero-order chi connectivity index (χ0) is 19.6. The highest BCUT2D eigenvalue weighted by atomic mass is 35.5. The average molecular weight is 384 g/mol. The number of aromatic nitrogens is 2. The summed E-state index contributed by atoms with van der Waals surface area (Å²) < 4.78 is 15.6. The van der Waals surface area contributed by atoms with Gasteiger partial charge in [0.1, 0.15) is 5.82 Å². The Kier molecular flexibility index (Phi) is 5.42. The Balaban J connectivity index is 1.82. The van der Waals surface area contributed by atoms with Crippen molar-refractivity contribution in [2.24, 2.45) is 0 Å². The van der Waals surface area contributed by atoms with Gasteiger partial charge in [-0.25, -0.2) is 9.07 Å². The van der Waals surface area contributed by atoms with Gasteiger partial charge >= 0.3 is 0 Å². The number of benzene rings is 2. The summed E-state index contributed by atoms with van der Waals surface area (Å²) in [5.74, 6) is -0.866. The van der Waals surface area contributed by atoms with Crippen LogP contribution in [0.3, 0.4) is 0 Å². The van der Waals surface area contributed by atoms with Crippen molar-refractivity contribution in [3.63, 3.8) is 0 Å². The number of rotatable bonds is 4. The second kappa shape index (κ2) is 7.76. The van der Waals surface area contributed by atoms with Crippen LogP contribution in [0.4, 0.5) is 10.1 Å². The molecule has 0 aliphatic carbocycles. The van der Waals surface area contributed by atoms with E-state index in [1.165, 1.54) is 24.3 Å². The summed E-state index contributed by atoms with van der Waals surface area (Å²) in [5, 5.41) is 7.57. The molecular weight excluding hydrogens is 365 g/mol. The molecule has 27 heavy (non-hydrogen) atoms.